The lowest BCUT2D eigenvalue weighted by Gasteiger charge is -2.43. The highest BCUT2D eigenvalue weighted by molar-refractivity contribution is 5.93. The van der Waals surface area contributed by atoms with Crippen LogP contribution in [-0.4, -0.2) is 125 Å². The molecule has 3 aliphatic rings. The molecule has 13 heteroatoms. The van der Waals surface area contributed by atoms with Crippen LogP contribution < -0.4 is 5.32 Å². The number of carbonyl (C=O) groups excluding carboxylic acids is 3. The van der Waals surface area contributed by atoms with Crippen molar-refractivity contribution in [3.05, 3.63) is 36.3 Å². The van der Waals surface area contributed by atoms with Crippen molar-refractivity contribution in [3.8, 4) is 11.3 Å². The lowest BCUT2D eigenvalue weighted by molar-refractivity contribution is -0.154. The minimum atomic E-state index is -0.747. The zero-order chi connectivity index (χ0) is 28.2. The van der Waals surface area contributed by atoms with Gasteiger partial charge in [0.2, 0.25) is 17.7 Å². The predicted octanol–water partition coefficient (Wildman–Crippen LogP) is 0.310. The molecule has 0 saturated carbocycles. The number of nitrogens with zero attached hydrogens (tertiary/aromatic N) is 6. The molecular weight excluding hydrogens is 521 g/mol. The number of hydrogen-bond acceptors (Lipinski definition) is 8. The van der Waals surface area contributed by atoms with E-state index in [1.807, 2.05) is 0 Å². The van der Waals surface area contributed by atoms with Crippen molar-refractivity contribution in [2.45, 2.75) is 44.4 Å². The number of amides is 3. The van der Waals surface area contributed by atoms with E-state index in [0.29, 0.717) is 43.9 Å². The van der Waals surface area contributed by atoms with Gasteiger partial charge in [0.25, 0.3) is 0 Å². The zero-order valence-corrected chi connectivity index (χ0v) is 22.9. The van der Waals surface area contributed by atoms with Gasteiger partial charge in [-0.2, -0.15) is 0 Å². The first-order valence-electron chi connectivity index (χ1n) is 13.8. The van der Waals surface area contributed by atoms with E-state index in [4.69, 9.17) is 9.47 Å². The van der Waals surface area contributed by atoms with Gasteiger partial charge in [0.1, 0.15) is 30.2 Å². The molecular formula is C27H36FN7O5. The third kappa shape index (κ3) is 6.16. The maximum absolute atomic E-state index is 14.2. The minimum absolute atomic E-state index is 0.136. The summed E-state index contributed by atoms with van der Waals surface area (Å²) in [6.07, 6.45) is 2.08. The van der Waals surface area contributed by atoms with Crippen LogP contribution in [0.25, 0.3) is 11.3 Å². The first-order valence-corrected chi connectivity index (χ1v) is 13.8. The van der Waals surface area contributed by atoms with Crippen LogP contribution in [0.5, 0.6) is 0 Å². The van der Waals surface area contributed by atoms with Gasteiger partial charge in [-0.1, -0.05) is 5.21 Å². The van der Waals surface area contributed by atoms with Gasteiger partial charge in [0.05, 0.1) is 32.1 Å². The van der Waals surface area contributed by atoms with E-state index in [2.05, 4.69) is 34.4 Å². The van der Waals surface area contributed by atoms with Crippen LogP contribution >= 0.6 is 0 Å². The van der Waals surface area contributed by atoms with Gasteiger partial charge in [0.15, 0.2) is 0 Å². The van der Waals surface area contributed by atoms with E-state index in [9.17, 15) is 18.8 Å². The van der Waals surface area contributed by atoms with Crippen molar-refractivity contribution in [2.75, 3.05) is 59.2 Å². The van der Waals surface area contributed by atoms with Gasteiger partial charge in [-0.15, -0.1) is 5.10 Å². The Bertz CT molecular complexity index is 1210. The van der Waals surface area contributed by atoms with E-state index >= 15 is 0 Å². The molecule has 1 aromatic carbocycles. The summed E-state index contributed by atoms with van der Waals surface area (Å²) in [5, 5.41) is 11.4. The molecule has 1 aromatic heterocycles. The van der Waals surface area contributed by atoms with E-state index in [-0.39, 0.29) is 68.5 Å². The maximum atomic E-state index is 14.2. The number of carbonyl (C=O) groups is 3. The largest absolute Gasteiger partial charge is 0.377 e. The highest BCUT2D eigenvalue weighted by Crippen LogP contribution is 2.30. The molecule has 216 valence electrons. The second kappa shape index (κ2) is 12.4. The minimum Gasteiger partial charge on any atom is -0.377 e. The van der Waals surface area contributed by atoms with Crippen molar-refractivity contribution in [1.82, 2.24) is 35.0 Å². The van der Waals surface area contributed by atoms with Crippen molar-refractivity contribution < 1.29 is 28.2 Å². The number of benzene rings is 1. The van der Waals surface area contributed by atoms with E-state index in [1.165, 1.54) is 12.1 Å². The summed E-state index contributed by atoms with van der Waals surface area (Å²) in [6.45, 7) is 6.75. The number of piperazine rings is 1. The van der Waals surface area contributed by atoms with Crippen LogP contribution in [0.4, 0.5) is 4.39 Å². The lowest BCUT2D eigenvalue weighted by atomic mass is 10.1. The Morgan fingerprint density at radius 2 is 1.75 bits per heavy atom. The number of fused-ring (bicyclic) bond motifs is 2. The number of nitrogens with one attached hydrogen (secondary N) is 1. The van der Waals surface area contributed by atoms with E-state index in [1.54, 1.807) is 32.8 Å². The molecule has 4 heterocycles. The molecule has 0 bridgehead atoms. The fraction of sp³-hybridized carbons (Fsp3) is 0.593. The van der Waals surface area contributed by atoms with E-state index < -0.39 is 12.1 Å². The molecule has 5 rings (SSSR count). The summed E-state index contributed by atoms with van der Waals surface area (Å²) in [7, 11) is 0. The van der Waals surface area contributed by atoms with Gasteiger partial charge in [0, 0.05) is 50.7 Å². The molecule has 3 amide bonds. The molecule has 0 aliphatic carbocycles. The first kappa shape index (κ1) is 28.1. The predicted molar refractivity (Wildman–Crippen MR) is 141 cm³/mol. The Balaban J connectivity index is 1.42. The maximum Gasteiger partial charge on any atom is 0.249 e. The summed E-state index contributed by atoms with van der Waals surface area (Å²) in [6, 6.07) is 4.36. The first-order chi connectivity index (χ1) is 19.3. The molecule has 3 aliphatic heterocycles. The Morgan fingerprint density at radius 3 is 2.52 bits per heavy atom. The molecule has 0 radical (unpaired) electrons. The second-order valence-corrected chi connectivity index (χ2v) is 10.6. The second-order valence-electron chi connectivity index (χ2n) is 10.6. The highest BCUT2D eigenvalue weighted by Gasteiger charge is 2.46. The topological polar surface area (TPSA) is 122 Å². The van der Waals surface area contributed by atoms with Crippen LogP contribution in [0, 0.1) is 5.82 Å². The average Bonchev–Trinajstić information content (AvgIpc) is 3.61. The number of hydrogen-bond donors (Lipinski definition) is 1. The standard InChI is InChI=1S/C27H36FN7O5/c1-18(2)32-8-9-33-24(16-32)27(38)34-14-21(35-15-22(30-31-35)19-3-5-20(28)6-4-19)13-23(34)26(37)29-7-10-39-11-12-40-17-25(33)36/h3-6,15,18,21,23-24H,7-14,16-17H2,1-2H3,(H,29,37)/t21-,23-,24-/m0/s1. The third-order valence-electron chi connectivity index (χ3n) is 7.78. The number of aromatic nitrogens is 3. The lowest BCUT2D eigenvalue weighted by Crippen LogP contribution is -2.63. The van der Waals surface area contributed by atoms with Crippen molar-refractivity contribution >= 4 is 17.7 Å². The SMILES string of the molecule is CC(C)N1CCN2C(=O)COCCOCCNC(=O)[C@@H]3C[C@H](n4cc(-c5ccc(F)cc5)nn4)CN3C(=O)[C@@H]2C1. The molecule has 2 aromatic rings. The molecule has 12 nitrogen and oxygen atoms in total. The third-order valence-corrected chi connectivity index (χ3v) is 7.78. The van der Waals surface area contributed by atoms with Gasteiger partial charge in [-0.05, 0) is 38.1 Å². The molecule has 0 spiro atoms. The van der Waals surface area contributed by atoms with Crippen molar-refractivity contribution in [3.63, 3.8) is 0 Å². The Morgan fingerprint density at radius 1 is 0.975 bits per heavy atom. The van der Waals surface area contributed by atoms with Gasteiger partial charge in [-0.3, -0.25) is 19.3 Å². The quantitative estimate of drug-likeness (QED) is 0.573. The highest BCUT2D eigenvalue weighted by atomic mass is 19.1. The molecule has 0 unspecified atom stereocenters. The Labute approximate surface area is 232 Å². The molecule has 3 fully saturated rings. The van der Waals surface area contributed by atoms with Gasteiger partial charge >= 0.3 is 0 Å². The number of ether oxygens (including phenoxy) is 2. The van der Waals surface area contributed by atoms with Crippen LogP contribution in [0.15, 0.2) is 30.5 Å². The summed E-state index contributed by atoms with van der Waals surface area (Å²) in [4.78, 5) is 46.0. The molecule has 3 saturated heterocycles. The zero-order valence-electron chi connectivity index (χ0n) is 22.9. The number of rotatable bonds is 3. The summed E-state index contributed by atoms with van der Waals surface area (Å²) < 4.78 is 26.1. The molecule has 1 N–H and O–H groups in total. The summed E-state index contributed by atoms with van der Waals surface area (Å²) in [5.41, 5.74) is 1.27. The average molecular weight is 558 g/mol. The summed E-state index contributed by atoms with van der Waals surface area (Å²) >= 11 is 0. The van der Waals surface area contributed by atoms with E-state index in [0.717, 1.165) is 0 Å². The van der Waals surface area contributed by atoms with Crippen LogP contribution in [0.3, 0.4) is 0 Å². The van der Waals surface area contributed by atoms with Crippen molar-refractivity contribution in [1.29, 1.82) is 0 Å². The normalized spacial score (nSPS) is 25.8. The fourth-order valence-corrected chi connectivity index (χ4v) is 5.51. The monoisotopic (exact) mass is 557 g/mol. The molecule has 3 atom stereocenters. The van der Waals surface area contributed by atoms with Crippen LogP contribution in [-0.2, 0) is 23.9 Å². The van der Waals surface area contributed by atoms with Crippen molar-refractivity contribution in [2.24, 2.45) is 0 Å². The van der Waals surface area contributed by atoms with Crippen LogP contribution in [0.2, 0.25) is 0 Å². The Hall–Kier alpha value is -3.42. The van der Waals surface area contributed by atoms with Gasteiger partial charge < -0.3 is 24.6 Å². The fourth-order valence-electron chi connectivity index (χ4n) is 5.51. The number of halogens is 1. The smallest absolute Gasteiger partial charge is 0.249 e. The Kier molecular flexibility index (Phi) is 8.72. The summed E-state index contributed by atoms with van der Waals surface area (Å²) in [5.74, 6) is -1.15. The van der Waals surface area contributed by atoms with Gasteiger partial charge in [-0.25, -0.2) is 9.07 Å². The molecule has 40 heavy (non-hydrogen) atoms. The van der Waals surface area contributed by atoms with Crippen LogP contribution in [0.1, 0.15) is 26.3 Å².